The van der Waals surface area contributed by atoms with Crippen LogP contribution in [0.5, 0.6) is 0 Å². The van der Waals surface area contributed by atoms with Gasteiger partial charge < -0.3 is 10.4 Å². The fourth-order valence-electron chi connectivity index (χ4n) is 1.65. The van der Waals surface area contributed by atoms with Crippen LogP contribution in [0.1, 0.15) is 21.7 Å². The minimum absolute atomic E-state index is 0.105. The lowest BCUT2D eigenvalue weighted by atomic mass is 10.1. The molecule has 1 amide bonds. The van der Waals surface area contributed by atoms with E-state index in [9.17, 15) is 9.59 Å². The number of aliphatic carboxylic acids is 1. The Morgan fingerprint density at radius 1 is 1.20 bits per heavy atom. The quantitative estimate of drug-likeness (QED) is 0.859. The summed E-state index contributed by atoms with van der Waals surface area (Å²) in [4.78, 5) is 23.1. The second-order valence-corrected chi connectivity index (χ2v) is 5.91. The van der Waals surface area contributed by atoms with Gasteiger partial charge in [0.1, 0.15) is 4.88 Å². The molecule has 0 fully saturated rings. The third-order valence-electron chi connectivity index (χ3n) is 2.66. The Morgan fingerprint density at radius 3 is 2.45 bits per heavy atom. The number of nitrogens with one attached hydrogen (secondary N) is 1. The van der Waals surface area contributed by atoms with E-state index >= 15 is 0 Å². The lowest BCUT2D eigenvalue weighted by Gasteiger charge is -2.05. The molecule has 0 radical (unpaired) electrons. The molecule has 1 aromatic carbocycles. The molecule has 1 aromatic heterocycles. The first kappa shape index (κ1) is 14.7. The number of benzene rings is 1. The Labute approximate surface area is 128 Å². The Hall–Kier alpha value is -1.66. The average molecular weight is 354 g/mol. The molecule has 6 heteroatoms. The highest BCUT2D eigenvalue weighted by Gasteiger charge is 2.11. The molecular weight excluding hydrogens is 342 g/mol. The van der Waals surface area contributed by atoms with Gasteiger partial charge >= 0.3 is 5.97 Å². The van der Waals surface area contributed by atoms with Crippen molar-refractivity contribution < 1.29 is 14.7 Å². The summed E-state index contributed by atoms with van der Waals surface area (Å²) in [6.07, 6.45) is 0.591. The number of hydrogen-bond donors (Lipinski definition) is 2. The first-order valence-corrected chi connectivity index (χ1v) is 7.58. The summed E-state index contributed by atoms with van der Waals surface area (Å²) in [5.41, 5.74) is 1.62. The van der Waals surface area contributed by atoms with E-state index in [1.54, 1.807) is 12.1 Å². The van der Waals surface area contributed by atoms with Crippen LogP contribution in [0.25, 0.3) is 0 Å². The summed E-state index contributed by atoms with van der Waals surface area (Å²) in [5.74, 6) is -0.977. The molecule has 0 aliphatic rings. The van der Waals surface area contributed by atoms with E-state index in [4.69, 9.17) is 5.11 Å². The molecule has 0 saturated heterocycles. The average Bonchev–Trinajstić information content (AvgIpc) is 2.84. The zero-order valence-electron chi connectivity index (χ0n) is 10.4. The maximum Gasteiger partial charge on any atom is 0.303 e. The molecule has 0 saturated carbocycles. The zero-order valence-corrected chi connectivity index (χ0v) is 12.8. The minimum Gasteiger partial charge on any atom is -0.481 e. The molecule has 1 heterocycles. The van der Waals surface area contributed by atoms with Crippen molar-refractivity contribution in [3.05, 3.63) is 50.6 Å². The zero-order chi connectivity index (χ0) is 14.5. The Morgan fingerprint density at radius 2 is 1.90 bits per heavy atom. The smallest absolute Gasteiger partial charge is 0.303 e. The molecule has 0 atom stereocenters. The predicted octanol–water partition coefficient (Wildman–Crippen LogP) is 3.78. The third kappa shape index (κ3) is 3.91. The third-order valence-corrected chi connectivity index (χ3v) is 4.50. The standard InChI is InChI=1S/C14H12BrNO3S/c15-11-7-8-20-13(11)14(19)16-10-4-1-9(2-5-10)3-6-12(17)18/h1-2,4-5,7-8H,3,6H2,(H,16,19)(H,17,18). The van der Waals surface area contributed by atoms with Gasteiger partial charge in [-0.3, -0.25) is 9.59 Å². The number of hydrogen-bond acceptors (Lipinski definition) is 3. The van der Waals surface area contributed by atoms with E-state index in [0.717, 1.165) is 10.0 Å². The number of carboxylic acids is 1. The van der Waals surface area contributed by atoms with Gasteiger partial charge in [0.2, 0.25) is 0 Å². The maximum atomic E-state index is 12.0. The van der Waals surface area contributed by atoms with E-state index in [1.165, 1.54) is 11.3 Å². The number of aryl methyl sites for hydroxylation is 1. The summed E-state index contributed by atoms with van der Waals surface area (Å²) in [7, 11) is 0. The molecule has 2 rings (SSSR count). The van der Waals surface area contributed by atoms with Crippen molar-refractivity contribution in [1.29, 1.82) is 0 Å². The van der Waals surface area contributed by atoms with Crippen molar-refractivity contribution in [2.75, 3.05) is 5.32 Å². The van der Waals surface area contributed by atoms with Crippen molar-refractivity contribution in [3.8, 4) is 0 Å². The second-order valence-electron chi connectivity index (χ2n) is 4.14. The van der Waals surface area contributed by atoms with Crippen LogP contribution in [0.15, 0.2) is 40.2 Å². The van der Waals surface area contributed by atoms with E-state index in [0.29, 0.717) is 17.0 Å². The SMILES string of the molecule is O=C(O)CCc1ccc(NC(=O)c2sccc2Br)cc1. The lowest BCUT2D eigenvalue weighted by molar-refractivity contribution is -0.136. The number of thiophene rings is 1. The highest BCUT2D eigenvalue weighted by atomic mass is 79.9. The van der Waals surface area contributed by atoms with E-state index in [2.05, 4.69) is 21.2 Å². The molecule has 0 bridgehead atoms. The van der Waals surface area contributed by atoms with E-state index < -0.39 is 5.97 Å². The molecule has 2 N–H and O–H groups in total. The van der Waals surface area contributed by atoms with Crippen LogP contribution in [0.3, 0.4) is 0 Å². The van der Waals surface area contributed by atoms with Gasteiger partial charge in [-0.1, -0.05) is 12.1 Å². The molecular formula is C14H12BrNO3S. The minimum atomic E-state index is -0.815. The molecule has 0 aliphatic heterocycles. The summed E-state index contributed by atoms with van der Waals surface area (Å²) in [6.45, 7) is 0. The number of carbonyl (C=O) groups is 2. The van der Waals surface area contributed by atoms with Crippen LogP contribution in [-0.4, -0.2) is 17.0 Å². The van der Waals surface area contributed by atoms with Gasteiger partial charge in [0.15, 0.2) is 0 Å². The van der Waals surface area contributed by atoms with Crippen LogP contribution in [0.4, 0.5) is 5.69 Å². The van der Waals surface area contributed by atoms with E-state index in [1.807, 2.05) is 23.6 Å². The number of carbonyl (C=O) groups excluding carboxylic acids is 1. The Bertz CT molecular complexity index is 622. The van der Waals surface area contributed by atoms with Crippen molar-refractivity contribution in [2.45, 2.75) is 12.8 Å². The van der Waals surface area contributed by atoms with Gasteiger partial charge in [-0.25, -0.2) is 0 Å². The first-order valence-electron chi connectivity index (χ1n) is 5.91. The van der Waals surface area contributed by atoms with Gasteiger partial charge in [-0.05, 0) is 51.5 Å². The van der Waals surface area contributed by atoms with Crippen LogP contribution in [0, 0.1) is 0 Å². The number of amides is 1. The van der Waals surface area contributed by atoms with Gasteiger partial charge in [0.25, 0.3) is 5.91 Å². The molecule has 2 aromatic rings. The number of anilines is 1. The van der Waals surface area contributed by atoms with Crippen molar-refractivity contribution in [1.82, 2.24) is 0 Å². The molecule has 0 unspecified atom stereocenters. The summed E-state index contributed by atoms with van der Waals surface area (Å²) in [5, 5.41) is 13.3. The molecule has 0 spiro atoms. The lowest BCUT2D eigenvalue weighted by Crippen LogP contribution is -2.10. The molecule has 20 heavy (non-hydrogen) atoms. The number of rotatable bonds is 5. The fraction of sp³-hybridized carbons (Fsp3) is 0.143. The van der Waals surface area contributed by atoms with Gasteiger partial charge in [-0.15, -0.1) is 11.3 Å². The van der Waals surface area contributed by atoms with Crippen molar-refractivity contribution >= 4 is 44.8 Å². The highest BCUT2D eigenvalue weighted by molar-refractivity contribution is 9.10. The normalized spacial score (nSPS) is 10.2. The Kier molecular flexibility index (Phi) is 4.92. The Balaban J connectivity index is 1.99. The molecule has 4 nitrogen and oxygen atoms in total. The molecule has 104 valence electrons. The monoisotopic (exact) mass is 353 g/mol. The first-order chi connectivity index (χ1) is 9.56. The van der Waals surface area contributed by atoms with Gasteiger partial charge in [0, 0.05) is 16.6 Å². The van der Waals surface area contributed by atoms with Crippen LogP contribution in [0.2, 0.25) is 0 Å². The largest absolute Gasteiger partial charge is 0.481 e. The van der Waals surface area contributed by atoms with Crippen LogP contribution in [-0.2, 0) is 11.2 Å². The second kappa shape index (κ2) is 6.67. The van der Waals surface area contributed by atoms with Crippen molar-refractivity contribution in [2.24, 2.45) is 0 Å². The maximum absolute atomic E-state index is 12.0. The van der Waals surface area contributed by atoms with Crippen LogP contribution < -0.4 is 5.32 Å². The van der Waals surface area contributed by atoms with Gasteiger partial charge in [-0.2, -0.15) is 0 Å². The van der Waals surface area contributed by atoms with Crippen LogP contribution >= 0.6 is 27.3 Å². The number of halogens is 1. The van der Waals surface area contributed by atoms with Gasteiger partial charge in [0.05, 0.1) is 0 Å². The topological polar surface area (TPSA) is 66.4 Å². The predicted molar refractivity (Wildman–Crippen MR) is 82.4 cm³/mol. The highest BCUT2D eigenvalue weighted by Crippen LogP contribution is 2.23. The fourth-order valence-corrected chi connectivity index (χ4v) is 3.10. The van der Waals surface area contributed by atoms with E-state index in [-0.39, 0.29) is 12.3 Å². The summed E-state index contributed by atoms with van der Waals surface area (Å²) in [6, 6.07) is 9.02. The number of carboxylic acid groups (broad SMARTS) is 1. The summed E-state index contributed by atoms with van der Waals surface area (Å²) >= 11 is 4.69. The van der Waals surface area contributed by atoms with Crippen molar-refractivity contribution in [3.63, 3.8) is 0 Å². The summed E-state index contributed by atoms with van der Waals surface area (Å²) < 4.78 is 0.776. The molecule has 0 aliphatic carbocycles.